The topological polar surface area (TPSA) is 40.5 Å². The highest BCUT2D eigenvalue weighted by Crippen LogP contribution is 2.29. The standard InChI is InChI=1S/C16H16BrNO2/c1-3-11-4-7-13(8-5-11)18(2)15-9-6-12(17)10-14(15)16(19)20/h4-10H,3H2,1-2H3,(H,19,20). The van der Waals surface area contributed by atoms with Gasteiger partial charge in [0.05, 0.1) is 11.3 Å². The summed E-state index contributed by atoms with van der Waals surface area (Å²) in [7, 11) is 1.87. The highest BCUT2D eigenvalue weighted by Gasteiger charge is 2.15. The lowest BCUT2D eigenvalue weighted by Crippen LogP contribution is -2.14. The van der Waals surface area contributed by atoms with Gasteiger partial charge in [0.1, 0.15) is 0 Å². The maximum absolute atomic E-state index is 11.4. The van der Waals surface area contributed by atoms with Crippen molar-refractivity contribution in [3.63, 3.8) is 0 Å². The Hall–Kier alpha value is -1.81. The van der Waals surface area contributed by atoms with Crippen LogP contribution in [0.2, 0.25) is 0 Å². The lowest BCUT2D eigenvalue weighted by Gasteiger charge is -2.22. The second-order valence-corrected chi connectivity index (χ2v) is 5.46. The van der Waals surface area contributed by atoms with Gasteiger partial charge in [-0.15, -0.1) is 0 Å². The van der Waals surface area contributed by atoms with Crippen molar-refractivity contribution >= 4 is 33.3 Å². The SMILES string of the molecule is CCc1ccc(N(C)c2ccc(Br)cc2C(=O)O)cc1. The number of aryl methyl sites for hydroxylation is 1. The molecule has 104 valence electrons. The van der Waals surface area contributed by atoms with Crippen molar-refractivity contribution in [1.82, 2.24) is 0 Å². The van der Waals surface area contributed by atoms with Crippen molar-refractivity contribution in [3.05, 3.63) is 58.1 Å². The first-order chi connectivity index (χ1) is 9.52. The van der Waals surface area contributed by atoms with Crippen LogP contribution in [0, 0.1) is 0 Å². The van der Waals surface area contributed by atoms with Crippen LogP contribution in [-0.2, 0) is 6.42 Å². The van der Waals surface area contributed by atoms with Gasteiger partial charge in [-0.2, -0.15) is 0 Å². The highest BCUT2D eigenvalue weighted by atomic mass is 79.9. The molecule has 2 aromatic carbocycles. The maximum Gasteiger partial charge on any atom is 0.337 e. The molecule has 2 rings (SSSR count). The second kappa shape index (κ2) is 6.09. The highest BCUT2D eigenvalue weighted by molar-refractivity contribution is 9.10. The summed E-state index contributed by atoms with van der Waals surface area (Å²) in [5.41, 5.74) is 3.18. The van der Waals surface area contributed by atoms with Gasteiger partial charge in [-0.1, -0.05) is 35.0 Å². The molecule has 0 radical (unpaired) electrons. The zero-order valence-electron chi connectivity index (χ0n) is 11.4. The monoisotopic (exact) mass is 333 g/mol. The Balaban J connectivity index is 2.41. The molecule has 0 unspecified atom stereocenters. The smallest absolute Gasteiger partial charge is 0.337 e. The molecule has 0 heterocycles. The van der Waals surface area contributed by atoms with Crippen LogP contribution < -0.4 is 4.90 Å². The van der Waals surface area contributed by atoms with Crippen molar-refractivity contribution in [2.24, 2.45) is 0 Å². The van der Waals surface area contributed by atoms with Gasteiger partial charge in [0, 0.05) is 17.2 Å². The zero-order valence-corrected chi connectivity index (χ0v) is 13.0. The summed E-state index contributed by atoms with van der Waals surface area (Å²) >= 11 is 3.31. The van der Waals surface area contributed by atoms with Crippen molar-refractivity contribution in [3.8, 4) is 0 Å². The van der Waals surface area contributed by atoms with E-state index in [2.05, 4.69) is 35.0 Å². The second-order valence-electron chi connectivity index (χ2n) is 4.55. The molecule has 1 N–H and O–H groups in total. The molecule has 0 amide bonds. The Kier molecular flexibility index (Phi) is 4.45. The van der Waals surface area contributed by atoms with E-state index < -0.39 is 5.97 Å². The number of anilines is 2. The van der Waals surface area contributed by atoms with Crippen molar-refractivity contribution in [1.29, 1.82) is 0 Å². The normalized spacial score (nSPS) is 10.3. The average molecular weight is 334 g/mol. The number of carbonyl (C=O) groups is 1. The van der Waals surface area contributed by atoms with E-state index in [4.69, 9.17) is 0 Å². The van der Waals surface area contributed by atoms with Crippen LogP contribution in [0.3, 0.4) is 0 Å². The van der Waals surface area contributed by atoms with E-state index in [0.29, 0.717) is 5.69 Å². The van der Waals surface area contributed by atoms with Crippen LogP contribution in [0.25, 0.3) is 0 Å². The summed E-state index contributed by atoms with van der Waals surface area (Å²) in [5, 5.41) is 9.32. The van der Waals surface area contributed by atoms with Crippen LogP contribution in [0.1, 0.15) is 22.8 Å². The molecule has 0 saturated heterocycles. The maximum atomic E-state index is 11.4. The van der Waals surface area contributed by atoms with E-state index >= 15 is 0 Å². The minimum atomic E-state index is -0.932. The predicted molar refractivity (Wildman–Crippen MR) is 85.0 cm³/mol. The molecule has 0 fully saturated rings. The average Bonchev–Trinajstić information content (AvgIpc) is 2.46. The van der Waals surface area contributed by atoms with Crippen molar-refractivity contribution in [2.45, 2.75) is 13.3 Å². The molecule has 2 aromatic rings. The van der Waals surface area contributed by atoms with Gasteiger partial charge in [-0.05, 0) is 42.3 Å². The Labute approximate surface area is 127 Å². The van der Waals surface area contributed by atoms with E-state index in [1.807, 2.05) is 30.1 Å². The molecule has 0 atom stereocenters. The van der Waals surface area contributed by atoms with Gasteiger partial charge < -0.3 is 10.0 Å². The summed E-state index contributed by atoms with van der Waals surface area (Å²) < 4.78 is 0.758. The lowest BCUT2D eigenvalue weighted by molar-refractivity contribution is 0.0697. The molecule has 4 heteroatoms. The Morgan fingerprint density at radius 3 is 2.40 bits per heavy atom. The minimum Gasteiger partial charge on any atom is -0.478 e. The molecular weight excluding hydrogens is 318 g/mol. The van der Waals surface area contributed by atoms with E-state index in [1.165, 1.54) is 5.56 Å². The quantitative estimate of drug-likeness (QED) is 0.896. The summed E-state index contributed by atoms with van der Waals surface area (Å²) in [6.07, 6.45) is 0.989. The third kappa shape index (κ3) is 3.02. The largest absolute Gasteiger partial charge is 0.478 e. The molecule has 0 saturated carbocycles. The number of benzene rings is 2. The number of hydrogen-bond acceptors (Lipinski definition) is 2. The number of aromatic carboxylic acids is 1. The predicted octanol–water partition coefficient (Wildman–Crippen LogP) is 4.48. The van der Waals surface area contributed by atoms with Gasteiger partial charge in [-0.25, -0.2) is 4.79 Å². The number of hydrogen-bond donors (Lipinski definition) is 1. The molecular formula is C16H16BrNO2. The van der Waals surface area contributed by atoms with Gasteiger partial charge in [0.25, 0.3) is 0 Å². The van der Waals surface area contributed by atoms with E-state index in [0.717, 1.165) is 16.6 Å². The first-order valence-electron chi connectivity index (χ1n) is 6.38. The van der Waals surface area contributed by atoms with Crippen LogP contribution in [0.5, 0.6) is 0 Å². The van der Waals surface area contributed by atoms with Crippen molar-refractivity contribution < 1.29 is 9.90 Å². The summed E-state index contributed by atoms with van der Waals surface area (Å²) in [6, 6.07) is 13.4. The van der Waals surface area contributed by atoms with Crippen LogP contribution in [0.15, 0.2) is 46.9 Å². The molecule has 20 heavy (non-hydrogen) atoms. The molecule has 0 aliphatic carbocycles. The van der Waals surface area contributed by atoms with E-state index in [1.54, 1.807) is 12.1 Å². The summed E-state index contributed by atoms with van der Waals surface area (Å²) in [5.74, 6) is -0.932. The molecule has 0 spiro atoms. The fraction of sp³-hybridized carbons (Fsp3) is 0.188. The molecule has 3 nitrogen and oxygen atoms in total. The number of rotatable bonds is 4. The Bertz CT molecular complexity index is 623. The number of carboxylic acid groups (broad SMARTS) is 1. The van der Waals surface area contributed by atoms with Crippen LogP contribution >= 0.6 is 15.9 Å². The molecule has 0 bridgehead atoms. The van der Waals surface area contributed by atoms with Gasteiger partial charge >= 0.3 is 5.97 Å². The summed E-state index contributed by atoms with van der Waals surface area (Å²) in [4.78, 5) is 13.2. The molecule has 0 aliphatic heterocycles. The zero-order chi connectivity index (χ0) is 14.7. The van der Waals surface area contributed by atoms with Crippen molar-refractivity contribution in [2.75, 3.05) is 11.9 Å². The van der Waals surface area contributed by atoms with Gasteiger partial charge in [0.2, 0.25) is 0 Å². The third-order valence-corrected chi connectivity index (χ3v) is 3.78. The fourth-order valence-electron chi connectivity index (χ4n) is 2.07. The van der Waals surface area contributed by atoms with Gasteiger partial charge in [0.15, 0.2) is 0 Å². The Morgan fingerprint density at radius 2 is 1.85 bits per heavy atom. The van der Waals surface area contributed by atoms with E-state index in [-0.39, 0.29) is 5.56 Å². The first kappa shape index (κ1) is 14.6. The van der Waals surface area contributed by atoms with Crippen LogP contribution in [0.4, 0.5) is 11.4 Å². The van der Waals surface area contributed by atoms with Gasteiger partial charge in [-0.3, -0.25) is 0 Å². The number of halogens is 1. The van der Waals surface area contributed by atoms with E-state index in [9.17, 15) is 9.90 Å². The van der Waals surface area contributed by atoms with Crippen LogP contribution in [-0.4, -0.2) is 18.1 Å². The number of nitrogens with zero attached hydrogens (tertiary/aromatic N) is 1. The molecule has 0 aliphatic rings. The fourth-order valence-corrected chi connectivity index (χ4v) is 2.43. The molecule has 0 aromatic heterocycles. The lowest BCUT2D eigenvalue weighted by atomic mass is 10.1. The minimum absolute atomic E-state index is 0.279. The first-order valence-corrected chi connectivity index (χ1v) is 7.17. The number of carboxylic acids is 1. The Morgan fingerprint density at radius 1 is 1.20 bits per heavy atom. The summed E-state index contributed by atoms with van der Waals surface area (Å²) in [6.45, 7) is 2.11. The third-order valence-electron chi connectivity index (χ3n) is 3.28.